The Balaban J connectivity index is 1.82. The van der Waals surface area contributed by atoms with Crippen LogP contribution in [0.15, 0.2) is 23.8 Å². The van der Waals surface area contributed by atoms with Crippen molar-refractivity contribution in [2.75, 3.05) is 0 Å². The molecular formula is C20H28O3. The second kappa shape index (κ2) is 4.50. The number of rotatable bonds is 1. The fraction of sp³-hybridized carbons (Fsp3) is 0.750. The number of allylic oxidation sites excluding steroid dienone is 1. The summed E-state index contributed by atoms with van der Waals surface area (Å²) in [6, 6.07) is 0. The largest absolute Gasteiger partial charge is 0.481 e. The predicted molar refractivity (Wildman–Crippen MR) is 88.8 cm³/mol. The van der Waals surface area contributed by atoms with Crippen LogP contribution in [0.3, 0.4) is 0 Å². The van der Waals surface area contributed by atoms with Crippen LogP contribution in [0, 0.1) is 28.1 Å². The van der Waals surface area contributed by atoms with Crippen molar-refractivity contribution in [2.24, 2.45) is 28.1 Å². The minimum Gasteiger partial charge on any atom is -0.481 e. The molecule has 126 valence electrons. The maximum absolute atomic E-state index is 12.0. The van der Waals surface area contributed by atoms with E-state index in [-0.39, 0.29) is 16.7 Å². The van der Waals surface area contributed by atoms with Crippen LogP contribution in [-0.4, -0.2) is 22.3 Å². The molecule has 0 heterocycles. The summed E-state index contributed by atoms with van der Waals surface area (Å²) in [5.41, 5.74) is 1.51. The van der Waals surface area contributed by atoms with Gasteiger partial charge in [0.15, 0.2) is 0 Å². The van der Waals surface area contributed by atoms with E-state index in [0.717, 1.165) is 50.5 Å². The summed E-state index contributed by atoms with van der Waals surface area (Å²) in [6.07, 6.45) is 8.53. The van der Waals surface area contributed by atoms with E-state index in [9.17, 15) is 15.0 Å². The Kier molecular flexibility index (Phi) is 3.02. The predicted octanol–water partition coefficient (Wildman–Crippen LogP) is 3.93. The van der Waals surface area contributed by atoms with Gasteiger partial charge >= 0.3 is 5.97 Å². The standard InChI is InChI=1S/C20H28O3/c1-12-13-5-6-15-18(2)8-4-9-19(3,17(22)23)14(18)7-10-20(15,11-13)16(12)21/h6,13-14,16,21H,1,4-5,7-11H2,2-3H3,(H,22,23)/t13-,14+,16?,18-,19+,20-/m1/s1. The number of hydrogen-bond acceptors (Lipinski definition) is 2. The molecule has 0 saturated heterocycles. The van der Waals surface area contributed by atoms with Crippen molar-refractivity contribution >= 4 is 5.97 Å². The summed E-state index contributed by atoms with van der Waals surface area (Å²) in [7, 11) is 0. The van der Waals surface area contributed by atoms with E-state index in [1.165, 1.54) is 5.57 Å². The molecule has 0 aliphatic heterocycles. The van der Waals surface area contributed by atoms with Crippen molar-refractivity contribution in [1.82, 2.24) is 0 Å². The molecule has 4 aliphatic rings. The maximum atomic E-state index is 12.0. The van der Waals surface area contributed by atoms with Crippen LogP contribution >= 0.6 is 0 Å². The zero-order chi connectivity index (χ0) is 16.6. The summed E-state index contributed by atoms with van der Waals surface area (Å²) < 4.78 is 0. The molecule has 0 radical (unpaired) electrons. The SMILES string of the molecule is C=C1C(O)[C@@]23CC[C@H]4[C@@](C)(CCC[C@]4(C)C(=O)O)C2=CC[C@@H]1C3. The van der Waals surface area contributed by atoms with Gasteiger partial charge in [0.25, 0.3) is 0 Å². The first-order valence-corrected chi connectivity index (χ1v) is 9.07. The van der Waals surface area contributed by atoms with Crippen LogP contribution in [0.5, 0.6) is 0 Å². The third-order valence-electron chi connectivity index (χ3n) is 8.07. The number of fused-ring (bicyclic) bond motifs is 3. The van der Waals surface area contributed by atoms with Gasteiger partial charge in [0.1, 0.15) is 0 Å². The lowest BCUT2D eigenvalue weighted by molar-refractivity contribution is -0.162. The quantitative estimate of drug-likeness (QED) is 0.721. The number of hydrogen-bond donors (Lipinski definition) is 2. The number of carboxylic acids is 1. The normalized spacial score (nSPS) is 51.7. The van der Waals surface area contributed by atoms with E-state index in [1.807, 2.05) is 6.92 Å². The summed E-state index contributed by atoms with van der Waals surface area (Å²) in [5, 5.41) is 20.8. The Bertz CT molecular complexity index is 620. The first-order chi connectivity index (χ1) is 10.8. The number of carboxylic acid groups (broad SMARTS) is 1. The maximum Gasteiger partial charge on any atom is 0.309 e. The number of aliphatic hydroxyl groups excluding tert-OH is 1. The van der Waals surface area contributed by atoms with E-state index in [2.05, 4.69) is 19.6 Å². The monoisotopic (exact) mass is 316 g/mol. The van der Waals surface area contributed by atoms with E-state index in [1.54, 1.807) is 0 Å². The molecule has 2 N–H and O–H groups in total. The van der Waals surface area contributed by atoms with Crippen molar-refractivity contribution in [3.63, 3.8) is 0 Å². The van der Waals surface area contributed by atoms with Crippen LogP contribution < -0.4 is 0 Å². The third-order valence-corrected chi connectivity index (χ3v) is 8.07. The number of aliphatic hydroxyl groups is 1. The lowest BCUT2D eigenvalue weighted by Gasteiger charge is -2.60. The third kappa shape index (κ3) is 1.67. The minimum absolute atomic E-state index is 0.0831. The highest BCUT2D eigenvalue weighted by Gasteiger charge is 2.65. The zero-order valence-electron chi connectivity index (χ0n) is 14.3. The van der Waals surface area contributed by atoms with Crippen LogP contribution in [-0.2, 0) is 4.79 Å². The lowest BCUT2D eigenvalue weighted by atomic mass is 9.43. The van der Waals surface area contributed by atoms with Gasteiger partial charge in [-0.15, -0.1) is 0 Å². The van der Waals surface area contributed by atoms with Gasteiger partial charge < -0.3 is 10.2 Å². The number of aliphatic carboxylic acids is 1. The molecule has 3 nitrogen and oxygen atoms in total. The Hall–Kier alpha value is -1.09. The van der Waals surface area contributed by atoms with Gasteiger partial charge in [0, 0.05) is 5.41 Å². The first kappa shape index (κ1) is 15.4. The topological polar surface area (TPSA) is 57.5 Å². The van der Waals surface area contributed by atoms with Crippen molar-refractivity contribution in [3.05, 3.63) is 23.8 Å². The average Bonchev–Trinajstić information content (AvgIpc) is 2.68. The van der Waals surface area contributed by atoms with Gasteiger partial charge in [-0.25, -0.2) is 0 Å². The Morgan fingerprint density at radius 2 is 2.04 bits per heavy atom. The van der Waals surface area contributed by atoms with Gasteiger partial charge in [0.05, 0.1) is 11.5 Å². The van der Waals surface area contributed by atoms with Gasteiger partial charge in [-0.2, -0.15) is 0 Å². The highest BCUT2D eigenvalue weighted by molar-refractivity contribution is 5.75. The molecule has 0 aromatic rings. The second-order valence-electron chi connectivity index (χ2n) is 8.97. The molecule has 1 unspecified atom stereocenters. The Morgan fingerprint density at radius 1 is 1.30 bits per heavy atom. The Morgan fingerprint density at radius 3 is 2.74 bits per heavy atom. The molecule has 0 aromatic heterocycles. The molecule has 4 rings (SSSR count). The summed E-state index contributed by atoms with van der Waals surface area (Å²) >= 11 is 0. The van der Waals surface area contributed by atoms with E-state index in [0.29, 0.717) is 5.92 Å². The van der Waals surface area contributed by atoms with E-state index >= 15 is 0 Å². The molecule has 0 amide bonds. The summed E-state index contributed by atoms with van der Waals surface area (Å²) in [4.78, 5) is 12.0. The van der Waals surface area contributed by atoms with E-state index in [4.69, 9.17) is 0 Å². The van der Waals surface area contributed by atoms with Gasteiger partial charge in [-0.3, -0.25) is 4.79 Å². The summed E-state index contributed by atoms with van der Waals surface area (Å²) in [5.74, 6) is -0.0471. The van der Waals surface area contributed by atoms with Crippen molar-refractivity contribution in [3.8, 4) is 0 Å². The van der Waals surface area contributed by atoms with Crippen molar-refractivity contribution < 1.29 is 15.0 Å². The molecule has 1 spiro atoms. The molecule has 4 aliphatic carbocycles. The zero-order valence-corrected chi connectivity index (χ0v) is 14.3. The fourth-order valence-electron chi connectivity index (χ4n) is 6.88. The number of carbonyl (C=O) groups is 1. The molecular weight excluding hydrogens is 288 g/mol. The smallest absolute Gasteiger partial charge is 0.309 e. The molecule has 3 saturated carbocycles. The van der Waals surface area contributed by atoms with Crippen molar-refractivity contribution in [2.45, 2.75) is 64.9 Å². The fourth-order valence-corrected chi connectivity index (χ4v) is 6.88. The van der Waals surface area contributed by atoms with Gasteiger partial charge in [-0.1, -0.05) is 31.6 Å². The van der Waals surface area contributed by atoms with Crippen molar-refractivity contribution in [1.29, 1.82) is 0 Å². The molecule has 3 heteroatoms. The van der Waals surface area contributed by atoms with Crippen LogP contribution in [0.2, 0.25) is 0 Å². The molecule has 23 heavy (non-hydrogen) atoms. The molecule has 3 fully saturated rings. The lowest BCUT2D eigenvalue weighted by Crippen LogP contribution is -2.56. The Labute approximate surface area is 138 Å². The molecule has 0 aromatic carbocycles. The summed E-state index contributed by atoms with van der Waals surface area (Å²) in [6.45, 7) is 8.40. The van der Waals surface area contributed by atoms with Crippen LogP contribution in [0.1, 0.15) is 58.8 Å². The van der Waals surface area contributed by atoms with Gasteiger partial charge in [0.2, 0.25) is 0 Å². The van der Waals surface area contributed by atoms with E-state index < -0.39 is 17.5 Å². The molecule has 6 atom stereocenters. The first-order valence-electron chi connectivity index (χ1n) is 9.07. The van der Waals surface area contributed by atoms with Gasteiger partial charge in [-0.05, 0) is 68.3 Å². The highest BCUT2D eigenvalue weighted by Crippen LogP contribution is 2.70. The van der Waals surface area contributed by atoms with Crippen LogP contribution in [0.4, 0.5) is 0 Å². The minimum atomic E-state index is -0.643. The highest BCUT2D eigenvalue weighted by atomic mass is 16.4. The van der Waals surface area contributed by atoms with Crippen LogP contribution in [0.25, 0.3) is 0 Å². The average molecular weight is 316 g/mol. The molecule has 2 bridgehead atoms. The second-order valence-corrected chi connectivity index (χ2v) is 8.97.